The lowest BCUT2D eigenvalue weighted by Crippen LogP contribution is -2.30. The SMILES string of the molecule is Cc1cccc(N2C(=O)c3oc4ccc(F)cc4c(=O)c3C2c2ccc(F)cc2)n1. The molecule has 2 aromatic heterocycles. The standard InChI is InChI=1S/C23H14F2N2O3/c1-12-3-2-4-18(26-12)27-20(13-5-7-14(24)8-6-13)19-21(28)16-11-15(25)9-10-17(16)30-22(19)23(27)29/h2-11,20H,1H3. The predicted molar refractivity (Wildman–Crippen MR) is 106 cm³/mol. The monoisotopic (exact) mass is 404 g/mol. The van der Waals surface area contributed by atoms with Crippen LogP contribution in [0, 0.1) is 18.6 Å². The average molecular weight is 404 g/mol. The summed E-state index contributed by atoms with van der Waals surface area (Å²) in [5.41, 5.74) is 0.873. The maximum absolute atomic E-state index is 13.8. The molecule has 1 amide bonds. The fourth-order valence-electron chi connectivity index (χ4n) is 3.80. The van der Waals surface area contributed by atoms with Gasteiger partial charge in [0.25, 0.3) is 5.91 Å². The summed E-state index contributed by atoms with van der Waals surface area (Å²) < 4.78 is 33.1. The minimum atomic E-state index is -0.883. The molecule has 0 radical (unpaired) electrons. The molecule has 4 aromatic rings. The van der Waals surface area contributed by atoms with Gasteiger partial charge in [-0.3, -0.25) is 14.5 Å². The summed E-state index contributed by atoms with van der Waals surface area (Å²) in [6.45, 7) is 1.78. The van der Waals surface area contributed by atoms with E-state index in [9.17, 15) is 18.4 Å². The summed E-state index contributed by atoms with van der Waals surface area (Å²) in [4.78, 5) is 32.4. The lowest BCUT2D eigenvalue weighted by Gasteiger charge is -2.24. The van der Waals surface area contributed by atoms with Crippen molar-refractivity contribution in [3.05, 3.63) is 105 Å². The minimum Gasteiger partial charge on any atom is -0.450 e. The highest BCUT2D eigenvalue weighted by atomic mass is 19.1. The second-order valence-corrected chi connectivity index (χ2v) is 7.08. The zero-order valence-corrected chi connectivity index (χ0v) is 15.7. The molecule has 0 bridgehead atoms. The van der Waals surface area contributed by atoms with Gasteiger partial charge in [0.05, 0.1) is 17.0 Å². The molecular weight excluding hydrogens is 390 g/mol. The van der Waals surface area contributed by atoms with Crippen LogP contribution in [-0.2, 0) is 0 Å². The highest BCUT2D eigenvalue weighted by Crippen LogP contribution is 2.40. The van der Waals surface area contributed by atoms with Crippen LogP contribution in [0.1, 0.15) is 33.4 Å². The van der Waals surface area contributed by atoms with E-state index < -0.39 is 29.0 Å². The third kappa shape index (κ3) is 2.70. The average Bonchev–Trinajstić information content (AvgIpc) is 3.02. The Bertz CT molecular complexity index is 1380. The van der Waals surface area contributed by atoms with Gasteiger partial charge in [-0.1, -0.05) is 18.2 Å². The zero-order valence-electron chi connectivity index (χ0n) is 15.7. The third-order valence-electron chi connectivity index (χ3n) is 5.14. The van der Waals surface area contributed by atoms with Crippen LogP contribution in [0.5, 0.6) is 0 Å². The molecule has 0 saturated heterocycles. The fraction of sp³-hybridized carbons (Fsp3) is 0.0870. The number of carbonyl (C=O) groups is 1. The normalized spacial score (nSPS) is 15.6. The summed E-state index contributed by atoms with van der Waals surface area (Å²) in [5.74, 6) is -1.38. The van der Waals surface area contributed by atoms with E-state index in [0.717, 1.165) is 12.1 Å². The fourth-order valence-corrected chi connectivity index (χ4v) is 3.80. The molecule has 0 spiro atoms. The van der Waals surface area contributed by atoms with Crippen LogP contribution in [0.4, 0.5) is 14.6 Å². The van der Waals surface area contributed by atoms with Crippen molar-refractivity contribution >= 4 is 22.7 Å². The number of hydrogen-bond donors (Lipinski definition) is 0. The van der Waals surface area contributed by atoms with Crippen LogP contribution in [0.3, 0.4) is 0 Å². The first kappa shape index (κ1) is 18.2. The second kappa shape index (κ2) is 6.59. The van der Waals surface area contributed by atoms with Gasteiger partial charge in [0.1, 0.15) is 23.0 Å². The molecule has 0 aliphatic carbocycles. The quantitative estimate of drug-likeness (QED) is 0.493. The van der Waals surface area contributed by atoms with Gasteiger partial charge < -0.3 is 4.42 Å². The van der Waals surface area contributed by atoms with Crippen LogP contribution in [0.15, 0.2) is 69.9 Å². The van der Waals surface area contributed by atoms with Crippen molar-refractivity contribution < 1.29 is 18.0 Å². The largest absolute Gasteiger partial charge is 0.450 e. The van der Waals surface area contributed by atoms with Crippen LogP contribution < -0.4 is 10.3 Å². The smallest absolute Gasteiger partial charge is 0.296 e. The van der Waals surface area contributed by atoms with Crippen molar-refractivity contribution in [3.63, 3.8) is 0 Å². The van der Waals surface area contributed by atoms with Crippen molar-refractivity contribution in [2.75, 3.05) is 4.90 Å². The van der Waals surface area contributed by atoms with E-state index in [1.165, 1.54) is 35.2 Å². The Kier molecular flexibility index (Phi) is 3.99. The summed E-state index contributed by atoms with van der Waals surface area (Å²) in [6, 6.07) is 13.4. The molecule has 1 atom stereocenters. The Morgan fingerprint density at radius 1 is 0.967 bits per heavy atom. The Balaban J connectivity index is 1.83. The summed E-state index contributed by atoms with van der Waals surface area (Å²) in [7, 11) is 0. The molecule has 148 valence electrons. The maximum atomic E-state index is 13.8. The summed E-state index contributed by atoms with van der Waals surface area (Å²) in [6.07, 6.45) is 0. The molecule has 2 aromatic carbocycles. The minimum absolute atomic E-state index is 0.0349. The number of aryl methyl sites for hydroxylation is 1. The molecule has 7 heteroatoms. The van der Waals surface area contributed by atoms with Crippen LogP contribution in [-0.4, -0.2) is 10.9 Å². The number of amides is 1. The highest BCUT2D eigenvalue weighted by Gasteiger charge is 2.44. The molecule has 30 heavy (non-hydrogen) atoms. The second-order valence-electron chi connectivity index (χ2n) is 7.08. The molecule has 5 nitrogen and oxygen atoms in total. The molecule has 3 heterocycles. The van der Waals surface area contributed by atoms with E-state index in [2.05, 4.69) is 4.98 Å². The number of nitrogens with zero attached hydrogens (tertiary/aromatic N) is 2. The number of fused-ring (bicyclic) bond motifs is 2. The number of hydrogen-bond acceptors (Lipinski definition) is 4. The summed E-state index contributed by atoms with van der Waals surface area (Å²) in [5, 5.41) is 0.0349. The van der Waals surface area contributed by atoms with Crippen LogP contribution in [0.2, 0.25) is 0 Å². The molecule has 1 aliphatic heterocycles. The van der Waals surface area contributed by atoms with E-state index >= 15 is 0 Å². The lowest BCUT2D eigenvalue weighted by atomic mass is 9.98. The van der Waals surface area contributed by atoms with Gasteiger partial charge in [0, 0.05) is 5.69 Å². The van der Waals surface area contributed by atoms with Gasteiger partial charge in [-0.2, -0.15) is 0 Å². The first-order valence-corrected chi connectivity index (χ1v) is 9.23. The number of benzene rings is 2. The molecule has 0 saturated carbocycles. The number of carbonyl (C=O) groups excluding carboxylic acids is 1. The Labute approximate surface area is 169 Å². The molecule has 1 aliphatic rings. The lowest BCUT2D eigenvalue weighted by molar-refractivity contribution is 0.0970. The first-order chi connectivity index (χ1) is 14.4. The van der Waals surface area contributed by atoms with Gasteiger partial charge in [-0.05, 0) is 55.0 Å². The van der Waals surface area contributed by atoms with Gasteiger partial charge >= 0.3 is 0 Å². The van der Waals surface area contributed by atoms with Crippen molar-refractivity contribution in [2.24, 2.45) is 0 Å². The van der Waals surface area contributed by atoms with Crippen molar-refractivity contribution in [1.82, 2.24) is 4.98 Å². The Morgan fingerprint density at radius 2 is 1.70 bits per heavy atom. The topological polar surface area (TPSA) is 63.4 Å². The third-order valence-corrected chi connectivity index (χ3v) is 5.14. The van der Waals surface area contributed by atoms with Gasteiger partial charge in [-0.25, -0.2) is 13.8 Å². The van der Waals surface area contributed by atoms with Crippen molar-refractivity contribution in [3.8, 4) is 0 Å². The van der Waals surface area contributed by atoms with E-state index in [-0.39, 0.29) is 22.3 Å². The predicted octanol–water partition coefficient (Wildman–Crippen LogP) is 4.52. The number of halogens is 2. The van der Waals surface area contributed by atoms with Crippen LogP contribution >= 0.6 is 0 Å². The number of pyridine rings is 1. The molecule has 0 N–H and O–H groups in total. The summed E-state index contributed by atoms with van der Waals surface area (Å²) >= 11 is 0. The van der Waals surface area contributed by atoms with Crippen LogP contribution in [0.25, 0.3) is 11.0 Å². The molecular formula is C23H14F2N2O3. The van der Waals surface area contributed by atoms with E-state index in [1.807, 2.05) is 0 Å². The van der Waals surface area contributed by atoms with Gasteiger partial charge in [0.2, 0.25) is 5.76 Å². The van der Waals surface area contributed by atoms with Gasteiger partial charge in [-0.15, -0.1) is 0 Å². The molecule has 0 fully saturated rings. The zero-order chi connectivity index (χ0) is 21.0. The number of anilines is 1. The first-order valence-electron chi connectivity index (χ1n) is 9.23. The van der Waals surface area contributed by atoms with E-state index in [1.54, 1.807) is 25.1 Å². The van der Waals surface area contributed by atoms with Crippen molar-refractivity contribution in [2.45, 2.75) is 13.0 Å². The number of aromatic nitrogens is 1. The maximum Gasteiger partial charge on any atom is 0.296 e. The van der Waals surface area contributed by atoms with Crippen molar-refractivity contribution in [1.29, 1.82) is 0 Å². The Hall–Kier alpha value is -3.87. The van der Waals surface area contributed by atoms with E-state index in [0.29, 0.717) is 17.1 Å². The Morgan fingerprint density at radius 3 is 2.43 bits per heavy atom. The molecule has 1 unspecified atom stereocenters. The van der Waals surface area contributed by atoms with Gasteiger partial charge in [0.15, 0.2) is 5.43 Å². The number of rotatable bonds is 2. The molecule has 5 rings (SSSR count). The van der Waals surface area contributed by atoms with E-state index in [4.69, 9.17) is 4.42 Å². The highest BCUT2D eigenvalue weighted by molar-refractivity contribution is 6.10.